The summed E-state index contributed by atoms with van der Waals surface area (Å²) in [4.78, 5) is 11.9. The SMILES string of the molecule is CCC(C)NC1(C(=O)OC)CCCCC1. The lowest BCUT2D eigenvalue weighted by molar-refractivity contribution is -0.150. The van der Waals surface area contributed by atoms with Crippen molar-refractivity contribution in [1.29, 1.82) is 0 Å². The number of hydrogen-bond donors (Lipinski definition) is 1. The second-order valence-electron chi connectivity index (χ2n) is 4.59. The average molecular weight is 213 g/mol. The minimum absolute atomic E-state index is 0.0810. The molecule has 1 rings (SSSR count). The number of carbonyl (C=O) groups is 1. The highest BCUT2D eigenvalue weighted by Crippen LogP contribution is 2.30. The third kappa shape index (κ3) is 2.94. The van der Waals surface area contributed by atoms with Crippen LogP contribution >= 0.6 is 0 Å². The van der Waals surface area contributed by atoms with Crippen molar-refractivity contribution >= 4 is 5.97 Å². The summed E-state index contributed by atoms with van der Waals surface area (Å²) in [5.74, 6) is -0.0810. The van der Waals surface area contributed by atoms with Crippen LogP contribution in [0.1, 0.15) is 52.4 Å². The third-order valence-corrected chi connectivity index (χ3v) is 3.42. The number of rotatable bonds is 4. The molecule has 0 aromatic heterocycles. The van der Waals surface area contributed by atoms with Gasteiger partial charge in [-0.3, -0.25) is 10.1 Å². The van der Waals surface area contributed by atoms with Crippen LogP contribution in [0.5, 0.6) is 0 Å². The highest BCUT2D eigenvalue weighted by Gasteiger charge is 2.40. The number of methoxy groups -OCH3 is 1. The van der Waals surface area contributed by atoms with Gasteiger partial charge in [0.1, 0.15) is 5.54 Å². The lowest BCUT2D eigenvalue weighted by atomic mass is 9.81. The van der Waals surface area contributed by atoms with E-state index in [4.69, 9.17) is 4.74 Å². The Kier molecular flexibility index (Phi) is 4.58. The zero-order valence-electron chi connectivity index (χ0n) is 10.1. The van der Waals surface area contributed by atoms with Gasteiger partial charge in [-0.25, -0.2) is 0 Å². The zero-order chi connectivity index (χ0) is 11.3. The van der Waals surface area contributed by atoms with Crippen LogP contribution in [-0.4, -0.2) is 24.7 Å². The lowest BCUT2D eigenvalue weighted by Crippen LogP contribution is -2.56. The average Bonchev–Trinajstić information content (AvgIpc) is 2.29. The highest BCUT2D eigenvalue weighted by atomic mass is 16.5. The molecule has 3 nitrogen and oxygen atoms in total. The Morgan fingerprint density at radius 2 is 2.00 bits per heavy atom. The maximum atomic E-state index is 11.9. The molecule has 0 heterocycles. The van der Waals surface area contributed by atoms with Crippen LogP contribution < -0.4 is 5.32 Å². The molecular weight excluding hydrogens is 190 g/mol. The maximum absolute atomic E-state index is 11.9. The summed E-state index contributed by atoms with van der Waals surface area (Å²) in [6, 6.07) is 0.377. The van der Waals surface area contributed by atoms with Crippen LogP contribution in [0.2, 0.25) is 0 Å². The summed E-state index contributed by atoms with van der Waals surface area (Å²) in [6.07, 6.45) is 6.37. The van der Waals surface area contributed by atoms with Crippen molar-refractivity contribution in [2.45, 2.75) is 64.0 Å². The lowest BCUT2D eigenvalue weighted by Gasteiger charge is -2.37. The first kappa shape index (κ1) is 12.5. The molecule has 3 heteroatoms. The van der Waals surface area contributed by atoms with Crippen LogP contribution in [-0.2, 0) is 9.53 Å². The van der Waals surface area contributed by atoms with Gasteiger partial charge in [0, 0.05) is 6.04 Å². The summed E-state index contributed by atoms with van der Waals surface area (Å²) in [5.41, 5.74) is -0.400. The van der Waals surface area contributed by atoms with Gasteiger partial charge in [-0.15, -0.1) is 0 Å². The first-order valence-electron chi connectivity index (χ1n) is 6.00. The van der Waals surface area contributed by atoms with Crippen LogP contribution in [0.15, 0.2) is 0 Å². The van der Waals surface area contributed by atoms with Crippen molar-refractivity contribution in [2.75, 3.05) is 7.11 Å². The Labute approximate surface area is 92.6 Å². The van der Waals surface area contributed by atoms with E-state index in [1.807, 2.05) is 0 Å². The molecule has 0 saturated heterocycles. The van der Waals surface area contributed by atoms with E-state index in [9.17, 15) is 4.79 Å². The summed E-state index contributed by atoms with van der Waals surface area (Å²) < 4.78 is 4.94. The standard InChI is InChI=1S/C12H23NO2/c1-4-10(2)13-12(11(14)15-3)8-6-5-7-9-12/h10,13H,4-9H2,1-3H3. The number of carbonyl (C=O) groups excluding carboxylic acids is 1. The molecule has 0 radical (unpaired) electrons. The summed E-state index contributed by atoms with van der Waals surface area (Å²) >= 11 is 0. The van der Waals surface area contributed by atoms with Gasteiger partial charge < -0.3 is 4.74 Å². The molecule has 1 fully saturated rings. The van der Waals surface area contributed by atoms with E-state index in [0.717, 1.165) is 32.1 Å². The fourth-order valence-electron chi connectivity index (χ4n) is 2.33. The monoisotopic (exact) mass is 213 g/mol. The number of nitrogens with one attached hydrogen (secondary N) is 1. The van der Waals surface area contributed by atoms with Crippen molar-refractivity contribution in [3.05, 3.63) is 0 Å². The van der Waals surface area contributed by atoms with Gasteiger partial charge in [0.2, 0.25) is 0 Å². The first-order valence-corrected chi connectivity index (χ1v) is 6.00. The van der Waals surface area contributed by atoms with E-state index < -0.39 is 5.54 Å². The molecule has 0 amide bonds. The molecule has 0 aliphatic heterocycles. The highest BCUT2D eigenvalue weighted by molar-refractivity contribution is 5.80. The van der Waals surface area contributed by atoms with Gasteiger partial charge in [-0.1, -0.05) is 26.2 Å². The number of esters is 1. The minimum Gasteiger partial charge on any atom is -0.468 e. The van der Waals surface area contributed by atoms with Crippen molar-refractivity contribution < 1.29 is 9.53 Å². The van der Waals surface area contributed by atoms with Gasteiger partial charge in [-0.2, -0.15) is 0 Å². The molecule has 0 aromatic carbocycles. The molecule has 0 aromatic rings. The molecule has 0 bridgehead atoms. The smallest absolute Gasteiger partial charge is 0.326 e. The van der Waals surface area contributed by atoms with E-state index in [-0.39, 0.29) is 5.97 Å². The predicted octanol–water partition coefficient (Wildman–Crippen LogP) is 2.25. The van der Waals surface area contributed by atoms with Crippen molar-refractivity contribution in [1.82, 2.24) is 5.32 Å². The number of hydrogen-bond acceptors (Lipinski definition) is 3. The number of ether oxygens (including phenoxy) is 1. The van der Waals surface area contributed by atoms with Gasteiger partial charge >= 0.3 is 5.97 Å². The van der Waals surface area contributed by atoms with Crippen molar-refractivity contribution in [3.63, 3.8) is 0 Å². The molecule has 1 aliphatic rings. The van der Waals surface area contributed by atoms with Crippen LogP contribution in [0.25, 0.3) is 0 Å². The van der Waals surface area contributed by atoms with E-state index in [1.165, 1.54) is 13.5 Å². The predicted molar refractivity (Wildman–Crippen MR) is 60.7 cm³/mol. The second kappa shape index (κ2) is 5.50. The van der Waals surface area contributed by atoms with Crippen molar-refractivity contribution in [2.24, 2.45) is 0 Å². The molecule has 88 valence electrons. The Bertz CT molecular complexity index is 210. The third-order valence-electron chi connectivity index (χ3n) is 3.42. The van der Waals surface area contributed by atoms with Crippen LogP contribution in [0, 0.1) is 0 Å². The molecular formula is C12H23NO2. The second-order valence-corrected chi connectivity index (χ2v) is 4.59. The zero-order valence-corrected chi connectivity index (χ0v) is 10.1. The molecule has 1 unspecified atom stereocenters. The van der Waals surface area contributed by atoms with Gasteiger partial charge in [-0.05, 0) is 26.2 Å². The Hall–Kier alpha value is -0.570. The minimum atomic E-state index is -0.400. The molecule has 0 spiro atoms. The van der Waals surface area contributed by atoms with Gasteiger partial charge in [0.15, 0.2) is 0 Å². The summed E-state index contributed by atoms with van der Waals surface area (Å²) in [5, 5.41) is 3.46. The fourth-order valence-corrected chi connectivity index (χ4v) is 2.33. The molecule has 1 N–H and O–H groups in total. The normalized spacial score (nSPS) is 22.1. The van der Waals surface area contributed by atoms with E-state index in [2.05, 4.69) is 19.2 Å². The van der Waals surface area contributed by atoms with E-state index >= 15 is 0 Å². The summed E-state index contributed by atoms with van der Waals surface area (Å²) in [7, 11) is 1.48. The van der Waals surface area contributed by atoms with Gasteiger partial charge in [0.05, 0.1) is 7.11 Å². The van der Waals surface area contributed by atoms with E-state index in [1.54, 1.807) is 0 Å². The molecule has 1 saturated carbocycles. The summed E-state index contributed by atoms with van der Waals surface area (Å²) in [6.45, 7) is 4.25. The molecule has 15 heavy (non-hydrogen) atoms. The molecule has 1 aliphatic carbocycles. The fraction of sp³-hybridized carbons (Fsp3) is 0.917. The van der Waals surface area contributed by atoms with E-state index in [0.29, 0.717) is 6.04 Å². The van der Waals surface area contributed by atoms with Crippen molar-refractivity contribution in [3.8, 4) is 0 Å². The quantitative estimate of drug-likeness (QED) is 0.728. The largest absolute Gasteiger partial charge is 0.468 e. The Morgan fingerprint density at radius 3 is 2.47 bits per heavy atom. The maximum Gasteiger partial charge on any atom is 0.326 e. The Balaban J connectivity index is 2.70. The Morgan fingerprint density at radius 1 is 1.40 bits per heavy atom. The van der Waals surface area contributed by atoms with Crippen LogP contribution in [0.3, 0.4) is 0 Å². The molecule has 1 atom stereocenters. The van der Waals surface area contributed by atoms with Crippen LogP contribution in [0.4, 0.5) is 0 Å². The van der Waals surface area contributed by atoms with Gasteiger partial charge in [0.25, 0.3) is 0 Å². The first-order chi connectivity index (χ1) is 7.14. The topological polar surface area (TPSA) is 38.3 Å².